The molecule has 1 saturated carbocycles. The summed E-state index contributed by atoms with van der Waals surface area (Å²) in [6.07, 6.45) is 4.55. The lowest BCUT2D eigenvalue weighted by molar-refractivity contribution is -0.0245. The summed E-state index contributed by atoms with van der Waals surface area (Å²) in [4.78, 5) is 15.4. The van der Waals surface area contributed by atoms with Crippen LogP contribution in [0, 0.1) is 17.3 Å². The minimum atomic E-state index is -0.0233. The van der Waals surface area contributed by atoms with Gasteiger partial charge in [-0.1, -0.05) is 6.07 Å². The maximum atomic E-state index is 13.5. The zero-order valence-corrected chi connectivity index (χ0v) is 16.9. The fourth-order valence-electron chi connectivity index (χ4n) is 4.64. The predicted octanol–water partition coefficient (Wildman–Crippen LogP) is 3.00. The van der Waals surface area contributed by atoms with Gasteiger partial charge >= 0.3 is 0 Å². The summed E-state index contributed by atoms with van der Waals surface area (Å²) < 4.78 is 22.6. The van der Waals surface area contributed by atoms with E-state index in [9.17, 15) is 4.79 Å². The highest BCUT2D eigenvalue weighted by Crippen LogP contribution is 2.46. The highest BCUT2D eigenvalue weighted by Gasteiger charge is 2.49. The van der Waals surface area contributed by atoms with E-state index in [0.29, 0.717) is 29.5 Å². The summed E-state index contributed by atoms with van der Waals surface area (Å²) in [6, 6.07) is 5.46. The molecule has 154 valence electrons. The molecule has 2 heterocycles. The summed E-state index contributed by atoms with van der Waals surface area (Å²) in [5.41, 5.74) is 0.599. The molecule has 4 rings (SSSR count). The maximum absolute atomic E-state index is 13.5. The van der Waals surface area contributed by atoms with Crippen molar-refractivity contribution in [3.05, 3.63) is 23.8 Å². The van der Waals surface area contributed by atoms with Crippen LogP contribution in [0.4, 0.5) is 0 Å². The van der Waals surface area contributed by atoms with Crippen molar-refractivity contribution in [3.8, 4) is 11.5 Å². The molecule has 1 aliphatic carbocycles. The Balaban J connectivity index is 1.53. The van der Waals surface area contributed by atoms with Gasteiger partial charge in [0.1, 0.15) is 17.1 Å². The Hall–Kier alpha value is -1.79. The lowest BCUT2D eigenvalue weighted by Crippen LogP contribution is -2.39. The van der Waals surface area contributed by atoms with E-state index in [4.69, 9.17) is 18.9 Å². The summed E-state index contributed by atoms with van der Waals surface area (Å²) in [6.45, 7) is 4.57. The smallest absolute Gasteiger partial charge is 0.261 e. The summed E-state index contributed by atoms with van der Waals surface area (Å²) in [5, 5.41) is 0. The predicted molar refractivity (Wildman–Crippen MR) is 105 cm³/mol. The van der Waals surface area contributed by atoms with Gasteiger partial charge in [0.2, 0.25) is 0 Å². The maximum Gasteiger partial charge on any atom is 0.261 e. The first-order valence-electron chi connectivity index (χ1n) is 10.3. The van der Waals surface area contributed by atoms with Gasteiger partial charge < -0.3 is 23.8 Å². The molecule has 0 N–H and O–H groups in total. The lowest BCUT2D eigenvalue weighted by atomic mass is 9.72. The van der Waals surface area contributed by atoms with Crippen molar-refractivity contribution in [2.75, 3.05) is 53.7 Å². The number of rotatable bonds is 7. The normalized spacial score (nSPS) is 23.8. The number of nitrogens with zero attached hydrogens (tertiary/aromatic N) is 1. The van der Waals surface area contributed by atoms with Crippen LogP contribution in [0.25, 0.3) is 0 Å². The first-order chi connectivity index (χ1) is 13.7. The first-order valence-corrected chi connectivity index (χ1v) is 10.3. The van der Waals surface area contributed by atoms with Gasteiger partial charge in [-0.3, -0.25) is 4.79 Å². The van der Waals surface area contributed by atoms with Gasteiger partial charge in [-0.2, -0.15) is 0 Å². The molecule has 0 radical (unpaired) electrons. The molecule has 6 heteroatoms. The van der Waals surface area contributed by atoms with Crippen LogP contribution in [-0.4, -0.2) is 64.5 Å². The van der Waals surface area contributed by atoms with E-state index in [2.05, 4.69) is 0 Å². The van der Waals surface area contributed by atoms with Gasteiger partial charge in [0.25, 0.3) is 5.91 Å². The molecule has 0 aromatic heterocycles. The number of hydrogen-bond acceptors (Lipinski definition) is 5. The quantitative estimate of drug-likeness (QED) is 0.718. The molecule has 1 atom stereocenters. The van der Waals surface area contributed by atoms with Gasteiger partial charge in [-0.25, -0.2) is 0 Å². The van der Waals surface area contributed by atoms with Crippen molar-refractivity contribution < 1.29 is 23.7 Å². The van der Waals surface area contributed by atoms with Gasteiger partial charge in [-0.15, -0.1) is 0 Å². The highest BCUT2D eigenvalue weighted by molar-refractivity contribution is 6.00. The summed E-state index contributed by atoms with van der Waals surface area (Å²) in [5.74, 6) is 2.19. The Labute approximate surface area is 167 Å². The fraction of sp³-hybridized carbons (Fsp3) is 0.682. The van der Waals surface area contributed by atoms with E-state index >= 15 is 0 Å². The van der Waals surface area contributed by atoms with Crippen LogP contribution in [0.15, 0.2) is 18.2 Å². The van der Waals surface area contributed by atoms with Crippen molar-refractivity contribution in [3.63, 3.8) is 0 Å². The molecule has 1 amide bonds. The third kappa shape index (κ3) is 3.85. The number of amides is 1. The molecule has 2 saturated heterocycles. The van der Waals surface area contributed by atoms with Crippen LogP contribution in [0.2, 0.25) is 0 Å². The third-order valence-corrected chi connectivity index (χ3v) is 6.60. The molecule has 1 aromatic rings. The molecule has 3 fully saturated rings. The lowest BCUT2D eigenvalue weighted by Gasteiger charge is -2.37. The second-order valence-corrected chi connectivity index (χ2v) is 8.38. The van der Waals surface area contributed by atoms with Crippen molar-refractivity contribution >= 4 is 5.91 Å². The zero-order valence-electron chi connectivity index (χ0n) is 16.9. The Morgan fingerprint density at radius 1 is 1.14 bits per heavy atom. The molecule has 1 spiro atoms. The molecule has 0 bridgehead atoms. The van der Waals surface area contributed by atoms with Crippen LogP contribution in [0.1, 0.15) is 36.0 Å². The molecule has 3 aliphatic rings. The molecular weight excluding hydrogens is 358 g/mol. The van der Waals surface area contributed by atoms with Crippen molar-refractivity contribution in [1.82, 2.24) is 4.90 Å². The Kier molecular flexibility index (Phi) is 5.78. The number of hydrogen-bond donors (Lipinski definition) is 0. The van der Waals surface area contributed by atoms with Gasteiger partial charge in [0.15, 0.2) is 0 Å². The topological polar surface area (TPSA) is 57.2 Å². The summed E-state index contributed by atoms with van der Waals surface area (Å²) >= 11 is 0. The summed E-state index contributed by atoms with van der Waals surface area (Å²) in [7, 11) is 3.17. The number of methoxy groups -OCH3 is 2. The number of ether oxygens (including phenoxy) is 4. The SMILES string of the molecule is COc1cccc(OC)c1C(=O)N1CC(COCC2CC2)C2(CCOCC2)C1. The van der Waals surface area contributed by atoms with Crippen LogP contribution in [-0.2, 0) is 9.47 Å². The van der Waals surface area contributed by atoms with E-state index in [-0.39, 0.29) is 11.3 Å². The number of likely N-dealkylation sites (tertiary alicyclic amines) is 1. The van der Waals surface area contributed by atoms with E-state index in [0.717, 1.165) is 51.7 Å². The largest absolute Gasteiger partial charge is 0.496 e. The van der Waals surface area contributed by atoms with E-state index in [1.165, 1.54) is 12.8 Å². The highest BCUT2D eigenvalue weighted by atomic mass is 16.5. The van der Waals surface area contributed by atoms with Crippen LogP contribution in [0.5, 0.6) is 11.5 Å². The Bertz CT molecular complexity index is 674. The molecule has 28 heavy (non-hydrogen) atoms. The van der Waals surface area contributed by atoms with Crippen LogP contribution >= 0.6 is 0 Å². The van der Waals surface area contributed by atoms with E-state index in [1.54, 1.807) is 14.2 Å². The molecular formula is C22H31NO5. The standard InChI is InChI=1S/C22H31NO5/c1-25-18-4-3-5-19(26-2)20(18)21(24)23-12-17(14-28-13-16-6-7-16)22(15-23)8-10-27-11-9-22/h3-5,16-17H,6-15H2,1-2H3. The molecule has 1 aromatic carbocycles. The number of benzene rings is 1. The molecule has 1 unspecified atom stereocenters. The fourth-order valence-corrected chi connectivity index (χ4v) is 4.64. The van der Waals surface area contributed by atoms with Gasteiger partial charge in [0, 0.05) is 38.8 Å². The Morgan fingerprint density at radius 3 is 2.43 bits per heavy atom. The van der Waals surface area contributed by atoms with Crippen molar-refractivity contribution in [2.24, 2.45) is 17.3 Å². The van der Waals surface area contributed by atoms with Crippen molar-refractivity contribution in [2.45, 2.75) is 25.7 Å². The monoisotopic (exact) mass is 389 g/mol. The minimum Gasteiger partial charge on any atom is -0.496 e. The zero-order chi connectivity index (χ0) is 19.6. The Morgan fingerprint density at radius 2 is 1.82 bits per heavy atom. The number of carbonyl (C=O) groups is 1. The van der Waals surface area contributed by atoms with E-state index < -0.39 is 0 Å². The molecule has 6 nitrogen and oxygen atoms in total. The molecule has 2 aliphatic heterocycles. The van der Waals surface area contributed by atoms with E-state index in [1.807, 2.05) is 23.1 Å². The van der Waals surface area contributed by atoms with Gasteiger partial charge in [-0.05, 0) is 49.1 Å². The van der Waals surface area contributed by atoms with Gasteiger partial charge in [0.05, 0.1) is 20.8 Å². The minimum absolute atomic E-state index is 0.0233. The second-order valence-electron chi connectivity index (χ2n) is 8.38. The third-order valence-electron chi connectivity index (χ3n) is 6.60. The van der Waals surface area contributed by atoms with Crippen LogP contribution in [0.3, 0.4) is 0 Å². The average molecular weight is 389 g/mol. The second kappa shape index (κ2) is 8.29. The van der Waals surface area contributed by atoms with Crippen LogP contribution < -0.4 is 9.47 Å². The number of carbonyl (C=O) groups excluding carboxylic acids is 1. The van der Waals surface area contributed by atoms with Crippen molar-refractivity contribution in [1.29, 1.82) is 0 Å². The first kappa shape index (κ1) is 19.5. The average Bonchev–Trinajstić information content (AvgIpc) is 3.50.